The van der Waals surface area contributed by atoms with E-state index in [0.29, 0.717) is 24.6 Å². The van der Waals surface area contributed by atoms with E-state index >= 15 is 0 Å². The van der Waals surface area contributed by atoms with Gasteiger partial charge in [-0.25, -0.2) is 21.6 Å². The zero-order chi connectivity index (χ0) is 22.2. The molecule has 0 aliphatic carbocycles. The number of fused-ring (bicyclic) bond motifs is 1. The minimum atomic E-state index is -3.95. The zero-order valence-corrected chi connectivity index (χ0v) is 16.9. The number of aryl methyl sites for hydroxylation is 1. The smallest absolute Gasteiger partial charge is 0.264 e. The first-order valence-electron chi connectivity index (χ1n) is 9.43. The second kappa shape index (κ2) is 8.07. The molecule has 0 spiro atoms. The molecule has 9 heteroatoms. The van der Waals surface area contributed by atoms with E-state index in [1.54, 1.807) is 12.1 Å². The Morgan fingerprint density at radius 1 is 0.903 bits per heavy atom. The summed E-state index contributed by atoms with van der Waals surface area (Å²) in [5, 5.41) is 2.52. The molecular formula is C22H17F3N2O3S. The van der Waals surface area contributed by atoms with Gasteiger partial charge < -0.3 is 5.32 Å². The molecule has 5 nitrogen and oxygen atoms in total. The molecule has 0 atom stereocenters. The van der Waals surface area contributed by atoms with Crippen LogP contribution < -0.4 is 9.62 Å². The molecule has 0 aromatic heterocycles. The van der Waals surface area contributed by atoms with E-state index in [4.69, 9.17) is 0 Å². The molecule has 0 saturated carbocycles. The van der Waals surface area contributed by atoms with Gasteiger partial charge in [-0.1, -0.05) is 6.07 Å². The molecule has 4 rings (SSSR count). The van der Waals surface area contributed by atoms with Crippen molar-refractivity contribution in [1.82, 2.24) is 0 Å². The number of hydrogen-bond donors (Lipinski definition) is 1. The minimum Gasteiger partial charge on any atom is -0.322 e. The van der Waals surface area contributed by atoms with Crippen molar-refractivity contribution in [2.24, 2.45) is 0 Å². The fraction of sp³-hybridized carbons (Fsp3) is 0.136. The van der Waals surface area contributed by atoms with Crippen LogP contribution in [0.4, 0.5) is 24.5 Å². The molecule has 0 bridgehead atoms. The molecule has 1 N–H and O–H groups in total. The van der Waals surface area contributed by atoms with Gasteiger partial charge in [0.25, 0.3) is 15.9 Å². The van der Waals surface area contributed by atoms with Gasteiger partial charge in [0.1, 0.15) is 17.5 Å². The van der Waals surface area contributed by atoms with Crippen LogP contribution in [0, 0.1) is 17.5 Å². The maximum absolute atomic E-state index is 13.9. The van der Waals surface area contributed by atoms with E-state index in [1.807, 2.05) is 0 Å². The number of nitrogens with one attached hydrogen (secondary N) is 1. The SMILES string of the molecule is O=C(Nc1ccc2c(c1)N(S(=O)(=O)c1ccc(F)cc1)CCC2)c1ccc(F)cc1F. The van der Waals surface area contributed by atoms with E-state index in [9.17, 15) is 26.4 Å². The van der Waals surface area contributed by atoms with Gasteiger partial charge in [-0.3, -0.25) is 9.10 Å². The number of carbonyl (C=O) groups is 1. The molecule has 0 saturated heterocycles. The summed E-state index contributed by atoms with van der Waals surface area (Å²) in [7, 11) is -3.95. The van der Waals surface area contributed by atoms with Crippen LogP contribution in [0.3, 0.4) is 0 Å². The van der Waals surface area contributed by atoms with Gasteiger partial charge in [-0.2, -0.15) is 0 Å². The highest BCUT2D eigenvalue weighted by molar-refractivity contribution is 7.92. The van der Waals surface area contributed by atoms with Crippen molar-refractivity contribution >= 4 is 27.3 Å². The van der Waals surface area contributed by atoms with Crippen LogP contribution in [0.25, 0.3) is 0 Å². The van der Waals surface area contributed by atoms with Crippen molar-refractivity contribution in [3.63, 3.8) is 0 Å². The summed E-state index contributed by atoms with van der Waals surface area (Å²) in [6, 6.07) is 11.9. The molecular weight excluding hydrogens is 429 g/mol. The fourth-order valence-electron chi connectivity index (χ4n) is 3.47. The lowest BCUT2D eigenvalue weighted by molar-refractivity contribution is 0.102. The summed E-state index contributed by atoms with van der Waals surface area (Å²) >= 11 is 0. The topological polar surface area (TPSA) is 66.5 Å². The van der Waals surface area contributed by atoms with E-state index < -0.39 is 33.4 Å². The van der Waals surface area contributed by atoms with E-state index in [1.165, 1.54) is 22.5 Å². The molecule has 31 heavy (non-hydrogen) atoms. The Morgan fingerprint density at radius 3 is 2.32 bits per heavy atom. The highest BCUT2D eigenvalue weighted by atomic mass is 32.2. The highest BCUT2D eigenvalue weighted by Gasteiger charge is 2.29. The molecule has 1 aliphatic heterocycles. The molecule has 1 amide bonds. The van der Waals surface area contributed by atoms with E-state index in [2.05, 4.69) is 5.32 Å². The van der Waals surface area contributed by atoms with Crippen molar-refractivity contribution in [2.75, 3.05) is 16.2 Å². The number of carbonyl (C=O) groups excluding carboxylic acids is 1. The summed E-state index contributed by atoms with van der Waals surface area (Å²) in [6.07, 6.45) is 1.24. The number of hydrogen-bond acceptors (Lipinski definition) is 3. The van der Waals surface area contributed by atoms with Gasteiger partial charge in [0.15, 0.2) is 0 Å². The largest absolute Gasteiger partial charge is 0.322 e. The fourth-order valence-corrected chi connectivity index (χ4v) is 5.01. The van der Waals surface area contributed by atoms with Crippen LogP contribution in [-0.4, -0.2) is 20.9 Å². The molecule has 1 heterocycles. The van der Waals surface area contributed by atoms with Crippen LogP contribution in [-0.2, 0) is 16.4 Å². The second-order valence-corrected chi connectivity index (χ2v) is 8.92. The molecule has 0 radical (unpaired) electrons. The first kappa shape index (κ1) is 20.9. The van der Waals surface area contributed by atoms with Crippen LogP contribution in [0.2, 0.25) is 0 Å². The summed E-state index contributed by atoms with van der Waals surface area (Å²) in [6.45, 7) is 0.219. The Labute approximate surface area is 177 Å². The Kier molecular flexibility index (Phi) is 5.45. The van der Waals surface area contributed by atoms with Crippen molar-refractivity contribution < 1.29 is 26.4 Å². The van der Waals surface area contributed by atoms with Crippen LogP contribution in [0.15, 0.2) is 65.6 Å². The third-order valence-corrected chi connectivity index (χ3v) is 6.82. The number of halogens is 3. The number of amides is 1. The molecule has 3 aromatic carbocycles. The maximum Gasteiger partial charge on any atom is 0.264 e. The predicted octanol–water partition coefficient (Wildman–Crippen LogP) is 4.50. The molecule has 3 aromatic rings. The van der Waals surface area contributed by atoms with E-state index in [-0.39, 0.29) is 22.7 Å². The lowest BCUT2D eigenvalue weighted by atomic mass is 10.0. The lowest BCUT2D eigenvalue weighted by Gasteiger charge is -2.31. The monoisotopic (exact) mass is 446 g/mol. The van der Waals surface area contributed by atoms with Crippen molar-refractivity contribution in [2.45, 2.75) is 17.7 Å². The standard InChI is InChI=1S/C22H17F3N2O3S/c23-15-4-8-18(9-5-15)31(29,30)27-11-1-2-14-3-7-17(13-21(14)27)26-22(28)19-10-6-16(24)12-20(19)25/h3-10,12-13H,1-2,11H2,(H,26,28). The minimum absolute atomic E-state index is 0.0513. The number of rotatable bonds is 4. The van der Waals surface area contributed by atoms with Crippen molar-refractivity contribution in [3.8, 4) is 0 Å². The van der Waals surface area contributed by atoms with Crippen LogP contribution in [0.5, 0.6) is 0 Å². The zero-order valence-electron chi connectivity index (χ0n) is 16.1. The van der Waals surface area contributed by atoms with E-state index in [0.717, 1.165) is 29.8 Å². The van der Waals surface area contributed by atoms with Gasteiger partial charge in [0.2, 0.25) is 0 Å². The first-order chi connectivity index (χ1) is 14.8. The number of nitrogens with zero attached hydrogens (tertiary/aromatic N) is 1. The summed E-state index contributed by atoms with van der Waals surface area (Å²) in [5.41, 5.74) is 1.07. The predicted molar refractivity (Wildman–Crippen MR) is 110 cm³/mol. The van der Waals surface area contributed by atoms with Crippen molar-refractivity contribution in [1.29, 1.82) is 0 Å². The third kappa shape index (κ3) is 4.13. The van der Waals surface area contributed by atoms with Crippen LogP contribution >= 0.6 is 0 Å². The van der Waals surface area contributed by atoms with Crippen molar-refractivity contribution in [3.05, 3.63) is 89.2 Å². The van der Waals surface area contributed by atoms with Gasteiger partial charge in [0, 0.05) is 18.3 Å². The number of benzene rings is 3. The van der Waals surface area contributed by atoms with Gasteiger partial charge >= 0.3 is 0 Å². The summed E-state index contributed by atoms with van der Waals surface area (Å²) in [4.78, 5) is 12.4. The van der Waals surface area contributed by atoms with Gasteiger partial charge in [-0.05, 0) is 66.9 Å². The Bertz CT molecular complexity index is 1260. The second-order valence-electron chi connectivity index (χ2n) is 7.06. The summed E-state index contributed by atoms with van der Waals surface area (Å²) < 4.78 is 67.7. The Morgan fingerprint density at radius 2 is 1.61 bits per heavy atom. The lowest BCUT2D eigenvalue weighted by Crippen LogP contribution is -2.35. The molecule has 0 fully saturated rings. The average molecular weight is 446 g/mol. The number of anilines is 2. The third-order valence-electron chi connectivity index (χ3n) is 5.00. The molecule has 0 unspecified atom stereocenters. The van der Waals surface area contributed by atoms with Gasteiger partial charge in [-0.15, -0.1) is 0 Å². The molecule has 1 aliphatic rings. The maximum atomic E-state index is 13.9. The Hall–Kier alpha value is -3.33. The Balaban J connectivity index is 1.66. The quantitative estimate of drug-likeness (QED) is 0.642. The van der Waals surface area contributed by atoms with Gasteiger partial charge in [0.05, 0.1) is 16.1 Å². The molecule has 160 valence electrons. The highest BCUT2D eigenvalue weighted by Crippen LogP contribution is 2.34. The normalized spacial score (nSPS) is 13.6. The summed E-state index contributed by atoms with van der Waals surface area (Å²) in [5.74, 6) is -3.14. The van der Waals surface area contributed by atoms with Crippen LogP contribution in [0.1, 0.15) is 22.3 Å². The average Bonchev–Trinajstić information content (AvgIpc) is 2.73. The number of sulfonamides is 1. The first-order valence-corrected chi connectivity index (χ1v) is 10.9.